The normalized spacial score (nSPS) is 11.2. The molecule has 0 unspecified atom stereocenters. The first-order chi connectivity index (χ1) is 16.4. The molecule has 0 aliphatic rings. The van der Waals surface area contributed by atoms with E-state index in [4.69, 9.17) is 37.1 Å². The number of carbonyl (C=O) groups excluding carboxylic acids is 1. The van der Waals surface area contributed by atoms with E-state index in [-0.39, 0.29) is 12.4 Å². The first-order valence-corrected chi connectivity index (χ1v) is 11.8. The number of amides is 1. The van der Waals surface area contributed by atoms with Gasteiger partial charge in [-0.1, -0.05) is 57.3 Å². The summed E-state index contributed by atoms with van der Waals surface area (Å²) in [6.45, 7) is 2.51. The van der Waals surface area contributed by atoms with Crippen LogP contribution in [0.25, 0.3) is 11.0 Å². The Morgan fingerprint density at radius 1 is 1.09 bits per heavy atom. The van der Waals surface area contributed by atoms with Crippen molar-refractivity contribution in [3.8, 4) is 11.5 Å². The van der Waals surface area contributed by atoms with Gasteiger partial charge in [0, 0.05) is 20.4 Å². The summed E-state index contributed by atoms with van der Waals surface area (Å²) >= 11 is 16.1. The molecule has 0 atom stereocenters. The summed E-state index contributed by atoms with van der Waals surface area (Å²) in [6.07, 6.45) is 1.46. The first kappa shape index (κ1) is 24.1. The second-order valence-electron chi connectivity index (χ2n) is 7.14. The number of nitrogens with zero attached hydrogens (tertiary/aromatic N) is 1. The lowest BCUT2D eigenvalue weighted by Gasteiger charge is -2.15. The zero-order valence-electron chi connectivity index (χ0n) is 18.0. The molecule has 9 heteroatoms. The molecule has 6 nitrogen and oxygen atoms in total. The molecule has 0 radical (unpaired) electrons. The maximum absolute atomic E-state index is 12.4. The number of fused-ring (bicyclic) bond motifs is 1. The molecule has 1 heterocycles. The largest absolute Gasteiger partial charge is 0.490 e. The predicted molar refractivity (Wildman–Crippen MR) is 137 cm³/mol. The summed E-state index contributed by atoms with van der Waals surface area (Å²) in [4.78, 5) is 12.4. The van der Waals surface area contributed by atoms with Gasteiger partial charge in [-0.05, 0) is 55.0 Å². The Morgan fingerprint density at radius 3 is 2.71 bits per heavy atom. The van der Waals surface area contributed by atoms with E-state index in [1.165, 1.54) is 6.21 Å². The van der Waals surface area contributed by atoms with Crippen molar-refractivity contribution in [1.29, 1.82) is 0 Å². The number of benzene rings is 3. The fraction of sp³-hybridized carbons (Fsp3) is 0.120. The number of hydrazone groups is 1. The van der Waals surface area contributed by atoms with Gasteiger partial charge in [-0.3, -0.25) is 4.79 Å². The van der Waals surface area contributed by atoms with E-state index in [1.54, 1.807) is 30.3 Å². The molecule has 34 heavy (non-hydrogen) atoms. The second kappa shape index (κ2) is 11.0. The van der Waals surface area contributed by atoms with Crippen LogP contribution >= 0.6 is 39.1 Å². The fourth-order valence-electron chi connectivity index (χ4n) is 3.18. The molecular formula is C25H19BrCl2N2O4. The van der Waals surface area contributed by atoms with Crippen molar-refractivity contribution in [2.24, 2.45) is 5.10 Å². The Balaban J connectivity index is 1.47. The average Bonchev–Trinajstić information content (AvgIpc) is 3.23. The van der Waals surface area contributed by atoms with E-state index < -0.39 is 5.91 Å². The summed E-state index contributed by atoms with van der Waals surface area (Å²) in [7, 11) is 0. The third kappa shape index (κ3) is 5.73. The van der Waals surface area contributed by atoms with Gasteiger partial charge in [0.2, 0.25) is 0 Å². The minimum Gasteiger partial charge on any atom is -0.490 e. The highest BCUT2D eigenvalue weighted by molar-refractivity contribution is 9.10. The zero-order chi connectivity index (χ0) is 24.1. The highest BCUT2D eigenvalue weighted by atomic mass is 79.9. The number of hydrogen-bond acceptors (Lipinski definition) is 5. The van der Waals surface area contributed by atoms with Gasteiger partial charge in [-0.15, -0.1) is 0 Å². The van der Waals surface area contributed by atoms with Gasteiger partial charge >= 0.3 is 5.91 Å². The molecule has 0 saturated heterocycles. The van der Waals surface area contributed by atoms with Crippen LogP contribution in [0.2, 0.25) is 10.0 Å². The average molecular weight is 562 g/mol. The summed E-state index contributed by atoms with van der Waals surface area (Å²) in [5, 5.41) is 5.77. The molecule has 0 aliphatic heterocycles. The number of furan rings is 1. The molecule has 1 N–H and O–H groups in total. The second-order valence-corrected chi connectivity index (χ2v) is 8.87. The van der Waals surface area contributed by atoms with Crippen molar-refractivity contribution in [3.05, 3.63) is 92.1 Å². The molecule has 1 amide bonds. The van der Waals surface area contributed by atoms with Gasteiger partial charge in [-0.2, -0.15) is 5.10 Å². The van der Waals surface area contributed by atoms with Crippen LogP contribution in [-0.4, -0.2) is 18.7 Å². The van der Waals surface area contributed by atoms with Gasteiger partial charge in [0.15, 0.2) is 17.3 Å². The van der Waals surface area contributed by atoms with Crippen LogP contribution in [0.3, 0.4) is 0 Å². The summed E-state index contributed by atoms with van der Waals surface area (Å²) in [5.74, 6) is 0.539. The molecule has 3 aromatic carbocycles. The van der Waals surface area contributed by atoms with Crippen molar-refractivity contribution in [3.63, 3.8) is 0 Å². The van der Waals surface area contributed by atoms with Crippen LogP contribution in [0, 0.1) is 0 Å². The Hall–Kier alpha value is -3.00. The zero-order valence-corrected chi connectivity index (χ0v) is 21.1. The maximum atomic E-state index is 12.4. The lowest BCUT2D eigenvalue weighted by molar-refractivity contribution is 0.0929. The van der Waals surface area contributed by atoms with Crippen LogP contribution in [0.5, 0.6) is 11.5 Å². The van der Waals surface area contributed by atoms with E-state index in [0.29, 0.717) is 39.3 Å². The quantitative estimate of drug-likeness (QED) is 0.182. The van der Waals surface area contributed by atoms with Crippen LogP contribution in [0.4, 0.5) is 0 Å². The number of halogens is 3. The lowest BCUT2D eigenvalue weighted by Crippen LogP contribution is -2.16. The van der Waals surface area contributed by atoms with E-state index >= 15 is 0 Å². The Labute approximate surface area is 214 Å². The smallest absolute Gasteiger partial charge is 0.307 e. The van der Waals surface area contributed by atoms with Gasteiger partial charge in [-0.25, -0.2) is 5.43 Å². The van der Waals surface area contributed by atoms with Crippen LogP contribution < -0.4 is 14.9 Å². The van der Waals surface area contributed by atoms with Crippen molar-refractivity contribution in [2.45, 2.75) is 13.5 Å². The third-order valence-electron chi connectivity index (χ3n) is 4.74. The van der Waals surface area contributed by atoms with Crippen LogP contribution in [0.1, 0.15) is 28.6 Å². The van der Waals surface area contributed by atoms with Gasteiger partial charge in [0.25, 0.3) is 0 Å². The molecule has 0 bridgehead atoms. The predicted octanol–water partition coefficient (Wildman–Crippen LogP) is 7.24. The van der Waals surface area contributed by atoms with Gasteiger partial charge in [0.1, 0.15) is 12.2 Å². The molecule has 4 aromatic rings. The fourth-order valence-corrected chi connectivity index (χ4v) is 4.02. The Kier molecular flexibility index (Phi) is 7.77. The first-order valence-electron chi connectivity index (χ1n) is 10.3. The highest BCUT2D eigenvalue weighted by Crippen LogP contribution is 2.37. The van der Waals surface area contributed by atoms with Crippen molar-refractivity contribution in [2.75, 3.05) is 6.61 Å². The van der Waals surface area contributed by atoms with Crippen LogP contribution in [0.15, 0.2) is 74.7 Å². The van der Waals surface area contributed by atoms with E-state index in [2.05, 4.69) is 26.5 Å². The minimum absolute atomic E-state index is 0.154. The number of ether oxygens (including phenoxy) is 2. The van der Waals surface area contributed by atoms with Gasteiger partial charge in [0.05, 0.1) is 17.8 Å². The Bertz CT molecular complexity index is 1370. The number of carbonyl (C=O) groups is 1. The van der Waals surface area contributed by atoms with Crippen molar-refractivity contribution < 1.29 is 18.7 Å². The third-order valence-corrected chi connectivity index (χ3v) is 5.89. The van der Waals surface area contributed by atoms with E-state index in [0.717, 1.165) is 15.4 Å². The maximum Gasteiger partial charge on any atom is 0.307 e. The van der Waals surface area contributed by atoms with Crippen LogP contribution in [-0.2, 0) is 6.61 Å². The topological polar surface area (TPSA) is 73.1 Å². The molecule has 4 rings (SSSR count). The van der Waals surface area contributed by atoms with E-state index in [1.807, 2.05) is 37.3 Å². The molecule has 0 spiro atoms. The summed E-state index contributed by atoms with van der Waals surface area (Å²) < 4.78 is 18.1. The molecule has 1 aromatic heterocycles. The van der Waals surface area contributed by atoms with Gasteiger partial charge < -0.3 is 13.9 Å². The summed E-state index contributed by atoms with van der Waals surface area (Å²) in [6, 6.07) is 17.9. The molecular weight excluding hydrogens is 543 g/mol. The standard InChI is InChI=1S/C25H19BrCl2N2O4/c1-2-32-22-10-15(9-20(28)24(22)33-14-16-5-3-4-6-19(16)27)13-29-30-25(31)23-12-17-11-18(26)7-8-21(17)34-23/h3-13H,2,14H2,1H3,(H,30,31)/b29-13+. The van der Waals surface area contributed by atoms with Crippen molar-refractivity contribution in [1.82, 2.24) is 5.43 Å². The number of hydrogen-bond donors (Lipinski definition) is 1. The monoisotopic (exact) mass is 560 g/mol. The molecule has 0 fully saturated rings. The molecule has 174 valence electrons. The van der Waals surface area contributed by atoms with Crippen molar-refractivity contribution >= 4 is 62.2 Å². The molecule has 0 aliphatic carbocycles. The highest BCUT2D eigenvalue weighted by Gasteiger charge is 2.14. The lowest BCUT2D eigenvalue weighted by atomic mass is 10.2. The minimum atomic E-state index is -0.473. The SMILES string of the molecule is CCOc1cc(/C=N/NC(=O)c2cc3cc(Br)ccc3o2)cc(Cl)c1OCc1ccccc1Cl. The summed E-state index contributed by atoms with van der Waals surface area (Å²) in [5.41, 5.74) is 4.51. The molecule has 0 saturated carbocycles. The number of nitrogens with one attached hydrogen (secondary N) is 1. The Morgan fingerprint density at radius 2 is 1.91 bits per heavy atom. The number of rotatable bonds is 8. The van der Waals surface area contributed by atoms with E-state index in [9.17, 15) is 4.79 Å².